The van der Waals surface area contributed by atoms with Gasteiger partial charge in [0, 0.05) is 19.1 Å². The maximum atomic E-state index is 12.0. The summed E-state index contributed by atoms with van der Waals surface area (Å²) in [6.45, 7) is 4.26. The third-order valence-corrected chi connectivity index (χ3v) is 5.12. The van der Waals surface area contributed by atoms with Crippen LogP contribution in [0.15, 0.2) is 30.3 Å². The molecule has 4 nitrogen and oxygen atoms in total. The minimum atomic E-state index is 0.0263. The molecule has 4 heteroatoms. The highest BCUT2D eigenvalue weighted by Gasteiger charge is 2.26. The number of nitrogens with one attached hydrogen (secondary N) is 2. The van der Waals surface area contributed by atoms with E-state index in [1.807, 2.05) is 0 Å². The lowest BCUT2D eigenvalue weighted by molar-refractivity contribution is -0.123. The Hall–Kier alpha value is -1.39. The Bertz CT molecular complexity index is 483. The van der Waals surface area contributed by atoms with Gasteiger partial charge in [-0.15, -0.1) is 0 Å². The van der Waals surface area contributed by atoms with Gasteiger partial charge in [-0.05, 0) is 57.2 Å². The normalized spacial score (nSPS) is 24.2. The molecule has 1 aromatic rings. The topological polar surface area (TPSA) is 44.4 Å². The van der Waals surface area contributed by atoms with Crippen LogP contribution in [0.4, 0.5) is 0 Å². The van der Waals surface area contributed by atoms with Crippen molar-refractivity contribution in [2.75, 3.05) is 26.2 Å². The van der Waals surface area contributed by atoms with Crippen LogP contribution in [0, 0.1) is 0 Å². The molecule has 2 aliphatic rings. The van der Waals surface area contributed by atoms with Crippen LogP contribution in [-0.4, -0.2) is 49.1 Å². The van der Waals surface area contributed by atoms with E-state index in [9.17, 15) is 4.79 Å². The Labute approximate surface area is 139 Å². The predicted molar refractivity (Wildman–Crippen MR) is 93.4 cm³/mol. The molecule has 0 aliphatic carbocycles. The molecule has 0 aromatic heterocycles. The van der Waals surface area contributed by atoms with Gasteiger partial charge in [0.1, 0.15) is 0 Å². The largest absolute Gasteiger partial charge is 0.355 e. The second kappa shape index (κ2) is 8.46. The Morgan fingerprint density at radius 2 is 1.87 bits per heavy atom. The van der Waals surface area contributed by atoms with E-state index in [2.05, 4.69) is 45.9 Å². The highest BCUT2D eigenvalue weighted by Crippen LogP contribution is 2.14. The van der Waals surface area contributed by atoms with Gasteiger partial charge >= 0.3 is 0 Å². The molecule has 1 aromatic carbocycles. The van der Waals surface area contributed by atoms with Crippen molar-refractivity contribution in [3.05, 3.63) is 35.9 Å². The number of amides is 1. The van der Waals surface area contributed by atoms with Gasteiger partial charge in [-0.25, -0.2) is 0 Å². The number of nitrogens with zero attached hydrogens (tertiary/aromatic N) is 1. The van der Waals surface area contributed by atoms with E-state index < -0.39 is 0 Å². The van der Waals surface area contributed by atoms with Crippen LogP contribution in [0.2, 0.25) is 0 Å². The fraction of sp³-hybridized carbons (Fsp3) is 0.632. The van der Waals surface area contributed by atoms with Crippen molar-refractivity contribution in [3.63, 3.8) is 0 Å². The van der Waals surface area contributed by atoms with Gasteiger partial charge in [0.15, 0.2) is 0 Å². The highest BCUT2D eigenvalue weighted by molar-refractivity contribution is 5.81. The lowest BCUT2D eigenvalue weighted by Crippen LogP contribution is -2.51. The Balaban J connectivity index is 1.39. The van der Waals surface area contributed by atoms with Gasteiger partial charge < -0.3 is 15.5 Å². The van der Waals surface area contributed by atoms with Crippen LogP contribution in [0.5, 0.6) is 0 Å². The summed E-state index contributed by atoms with van der Waals surface area (Å²) >= 11 is 0. The quantitative estimate of drug-likeness (QED) is 0.873. The first-order chi connectivity index (χ1) is 11.3. The van der Waals surface area contributed by atoms with Crippen molar-refractivity contribution < 1.29 is 4.79 Å². The molecule has 1 amide bonds. The number of hydrogen-bond donors (Lipinski definition) is 2. The van der Waals surface area contributed by atoms with Crippen molar-refractivity contribution >= 4 is 5.91 Å². The van der Waals surface area contributed by atoms with Gasteiger partial charge in [-0.1, -0.05) is 30.3 Å². The molecule has 0 spiro atoms. The Kier molecular flexibility index (Phi) is 6.06. The average Bonchev–Trinajstić information content (AvgIpc) is 2.80. The SMILES string of the molecule is O=C1NCCCCC1NC1CCN(CCc2ccccc2)CC1. The summed E-state index contributed by atoms with van der Waals surface area (Å²) in [7, 11) is 0. The number of piperidine rings is 1. The van der Waals surface area contributed by atoms with Gasteiger partial charge in [-0.3, -0.25) is 4.79 Å². The minimum Gasteiger partial charge on any atom is -0.355 e. The molecule has 23 heavy (non-hydrogen) atoms. The van der Waals surface area contributed by atoms with E-state index in [0.29, 0.717) is 6.04 Å². The maximum Gasteiger partial charge on any atom is 0.237 e. The second-order valence-corrected chi connectivity index (χ2v) is 6.86. The van der Waals surface area contributed by atoms with E-state index in [-0.39, 0.29) is 11.9 Å². The Morgan fingerprint density at radius 1 is 1.09 bits per heavy atom. The van der Waals surface area contributed by atoms with Crippen LogP contribution >= 0.6 is 0 Å². The van der Waals surface area contributed by atoms with Crippen LogP contribution < -0.4 is 10.6 Å². The molecule has 2 saturated heterocycles. The summed E-state index contributed by atoms with van der Waals surface area (Å²) < 4.78 is 0. The fourth-order valence-electron chi connectivity index (χ4n) is 3.64. The van der Waals surface area contributed by atoms with E-state index in [1.165, 1.54) is 5.56 Å². The van der Waals surface area contributed by atoms with E-state index in [1.54, 1.807) is 0 Å². The smallest absolute Gasteiger partial charge is 0.237 e. The van der Waals surface area contributed by atoms with Crippen molar-refractivity contribution in [1.82, 2.24) is 15.5 Å². The van der Waals surface area contributed by atoms with Crippen LogP contribution in [0.25, 0.3) is 0 Å². The number of carbonyl (C=O) groups is 1. The molecule has 0 saturated carbocycles. The third kappa shape index (κ3) is 5.05. The zero-order valence-electron chi connectivity index (χ0n) is 14.0. The summed E-state index contributed by atoms with van der Waals surface area (Å²) in [5.41, 5.74) is 1.42. The third-order valence-electron chi connectivity index (χ3n) is 5.12. The summed E-state index contributed by atoms with van der Waals surface area (Å²) in [5.74, 6) is 0.203. The summed E-state index contributed by atoms with van der Waals surface area (Å²) in [6, 6.07) is 11.2. The van der Waals surface area contributed by atoms with Gasteiger partial charge in [-0.2, -0.15) is 0 Å². The Morgan fingerprint density at radius 3 is 2.65 bits per heavy atom. The second-order valence-electron chi connectivity index (χ2n) is 6.86. The monoisotopic (exact) mass is 315 g/mol. The van der Waals surface area contributed by atoms with Crippen molar-refractivity contribution in [2.45, 2.75) is 50.6 Å². The fourth-order valence-corrected chi connectivity index (χ4v) is 3.64. The van der Waals surface area contributed by atoms with Gasteiger partial charge in [0.2, 0.25) is 5.91 Å². The molecule has 2 fully saturated rings. The number of likely N-dealkylation sites (tertiary alicyclic amines) is 1. The summed E-state index contributed by atoms with van der Waals surface area (Å²) in [5, 5.41) is 6.62. The lowest BCUT2D eigenvalue weighted by Gasteiger charge is -2.34. The maximum absolute atomic E-state index is 12.0. The molecule has 1 atom stereocenters. The lowest BCUT2D eigenvalue weighted by atomic mass is 10.0. The van der Waals surface area contributed by atoms with Crippen LogP contribution in [0.3, 0.4) is 0 Å². The van der Waals surface area contributed by atoms with E-state index in [0.717, 1.165) is 64.7 Å². The zero-order chi connectivity index (χ0) is 15.9. The summed E-state index contributed by atoms with van der Waals surface area (Å²) in [4.78, 5) is 14.6. The minimum absolute atomic E-state index is 0.0263. The van der Waals surface area contributed by atoms with Crippen molar-refractivity contribution in [1.29, 1.82) is 0 Å². The molecular weight excluding hydrogens is 286 g/mol. The molecule has 126 valence electrons. The first-order valence-corrected chi connectivity index (χ1v) is 9.11. The number of hydrogen-bond acceptors (Lipinski definition) is 3. The number of rotatable bonds is 5. The molecule has 1 unspecified atom stereocenters. The number of carbonyl (C=O) groups excluding carboxylic acids is 1. The van der Waals surface area contributed by atoms with Crippen LogP contribution in [0.1, 0.15) is 37.7 Å². The van der Waals surface area contributed by atoms with Crippen molar-refractivity contribution in [3.8, 4) is 0 Å². The molecule has 2 N–H and O–H groups in total. The van der Waals surface area contributed by atoms with E-state index >= 15 is 0 Å². The zero-order valence-corrected chi connectivity index (χ0v) is 14.0. The molecule has 0 radical (unpaired) electrons. The van der Waals surface area contributed by atoms with Crippen LogP contribution in [-0.2, 0) is 11.2 Å². The van der Waals surface area contributed by atoms with Gasteiger partial charge in [0.05, 0.1) is 6.04 Å². The molecule has 2 aliphatic heterocycles. The molecular formula is C19H29N3O. The molecule has 3 rings (SSSR count). The van der Waals surface area contributed by atoms with E-state index in [4.69, 9.17) is 0 Å². The summed E-state index contributed by atoms with van der Waals surface area (Å²) in [6.07, 6.45) is 6.68. The molecule has 2 heterocycles. The predicted octanol–water partition coefficient (Wildman–Crippen LogP) is 1.95. The average molecular weight is 315 g/mol. The standard InChI is InChI=1S/C19H29N3O/c23-19-18(8-4-5-12-20-19)21-17-10-14-22(15-11-17)13-9-16-6-2-1-3-7-16/h1-3,6-7,17-18,21H,4-5,8-15H2,(H,20,23). The first-order valence-electron chi connectivity index (χ1n) is 9.11. The first kappa shape index (κ1) is 16.5. The highest BCUT2D eigenvalue weighted by atomic mass is 16.2. The molecule has 0 bridgehead atoms. The number of benzene rings is 1. The van der Waals surface area contributed by atoms with Crippen molar-refractivity contribution in [2.24, 2.45) is 0 Å². The van der Waals surface area contributed by atoms with Gasteiger partial charge in [0.25, 0.3) is 0 Å².